The van der Waals surface area contributed by atoms with Gasteiger partial charge in [-0.15, -0.1) is 0 Å². The van der Waals surface area contributed by atoms with Crippen molar-refractivity contribution < 1.29 is 18.0 Å². The molecule has 1 aromatic carbocycles. The van der Waals surface area contributed by atoms with E-state index >= 15 is 0 Å². The highest BCUT2D eigenvalue weighted by Gasteiger charge is 2.21. The van der Waals surface area contributed by atoms with E-state index < -0.39 is 15.8 Å². The molecule has 0 saturated heterocycles. The number of unbranched alkanes of at least 4 members (excludes halogenated alkanes) is 12. The maximum Gasteiger partial charge on any atom is 0.224 e. The number of nitrogens with zero attached hydrogens (tertiary/aromatic N) is 2. The van der Waals surface area contributed by atoms with E-state index in [9.17, 15) is 18.0 Å². The van der Waals surface area contributed by atoms with Crippen LogP contribution in [0.3, 0.4) is 0 Å². The molecule has 2 N–H and O–H groups in total. The van der Waals surface area contributed by atoms with E-state index in [0.29, 0.717) is 24.4 Å². The Morgan fingerprint density at radius 1 is 0.907 bits per heavy atom. The number of benzene rings is 1. The molecule has 1 aliphatic carbocycles. The third-order valence-corrected chi connectivity index (χ3v) is 8.44. The van der Waals surface area contributed by atoms with Gasteiger partial charge in [0.05, 0.1) is 35.1 Å². The zero-order chi connectivity index (χ0) is 31.7. The summed E-state index contributed by atoms with van der Waals surface area (Å²) in [5.41, 5.74) is 2.98. The molecule has 0 aromatic heterocycles. The van der Waals surface area contributed by atoms with Gasteiger partial charge < -0.3 is 10.2 Å². The third-order valence-electron chi connectivity index (χ3n) is 7.50. The van der Waals surface area contributed by atoms with Crippen molar-refractivity contribution in [1.29, 1.82) is 0 Å². The molecule has 0 fully saturated rings. The van der Waals surface area contributed by atoms with E-state index in [1.54, 1.807) is 6.08 Å². The Hall–Kier alpha value is -2.49. The molecule has 240 valence electrons. The number of carbonyl (C=O) groups excluding carboxylic acids is 2. The van der Waals surface area contributed by atoms with Crippen LogP contribution in [0.1, 0.15) is 109 Å². The number of Topliss-reactive ketones (excluding diaryl/α,β-unsaturated/α-hetero) is 1. The lowest BCUT2D eigenvalue weighted by molar-refractivity contribution is -0.122. The summed E-state index contributed by atoms with van der Waals surface area (Å²) in [5, 5.41) is 2.73. The van der Waals surface area contributed by atoms with Gasteiger partial charge >= 0.3 is 0 Å². The van der Waals surface area contributed by atoms with Gasteiger partial charge in [0.15, 0.2) is 0 Å². The number of carbonyl (C=O) groups is 2. The van der Waals surface area contributed by atoms with Crippen LogP contribution in [0.15, 0.2) is 46.1 Å². The number of ketones is 1. The van der Waals surface area contributed by atoms with Gasteiger partial charge in [0.25, 0.3) is 0 Å². The number of anilines is 1. The number of allylic oxidation sites excluding steroid dienone is 3. The van der Waals surface area contributed by atoms with Crippen molar-refractivity contribution in [2.75, 3.05) is 24.4 Å². The molecular formula is C33H51ClN4O4S. The molecule has 8 nitrogen and oxygen atoms in total. The van der Waals surface area contributed by atoms with Crippen LogP contribution < -0.4 is 14.9 Å². The summed E-state index contributed by atoms with van der Waals surface area (Å²) in [6.45, 7) is 6.87. The average molecular weight is 635 g/mol. The van der Waals surface area contributed by atoms with E-state index in [1.165, 1.54) is 70.3 Å². The average Bonchev–Trinajstić information content (AvgIpc) is 2.95. The first-order valence-corrected chi connectivity index (χ1v) is 18.1. The van der Waals surface area contributed by atoms with Crippen LogP contribution >= 0.6 is 11.6 Å². The van der Waals surface area contributed by atoms with Crippen LogP contribution in [0.5, 0.6) is 0 Å². The predicted octanol–water partition coefficient (Wildman–Crippen LogP) is 7.59. The lowest BCUT2D eigenvalue weighted by atomic mass is 10.0. The molecule has 0 unspecified atom stereocenters. The molecule has 10 heteroatoms. The van der Waals surface area contributed by atoms with Crippen LogP contribution in [0.2, 0.25) is 0 Å². The lowest BCUT2D eigenvalue weighted by Gasteiger charge is -2.23. The number of hydrogen-bond acceptors (Lipinski definition) is 6. The molecule has 0 heterocycles. The number of aliphatic imine (C=N–C) groups is 1. The zero-order valence-electron chi connectivity index (χ0n) is 26.5. The molecule has 0 saturated carbocycles. The Morgan fingerprint density at radius 3 is 2.02 bits per heavy atom. The minimum absolute atomic E-state index is 0.00390. The van der Waals surface area contributed by atoms with Gasteiger partial charge in [-0.25, -0.2) is 13.4 Å². The number of sulfonamides is 1. The first kappa shape index (κ1) is 36.7. The van der Waals surface area contributed by atoms with Crippen LogP contribution in [-0.2, 0) is 19.6 Å². The number of amides is 1. The first-order chi connectivity index (χ1) is 20.5. The predicted molar refractivity (Wildman–Crippen MR) is 180 cm³/mol. The Kier molecular flexibility index (Phi) is 16.8. The number of rotatable bonds is 21. The lowest BCUT2D eigenvalue weighted by Crippen LogP contribution is -2.37. The normalized spacial score (nSPS) is 14.5. The summed E-state index contributed by atoms with van der Waals surface area (Å²) < 4.78 is 25.5. The fourth-order valence-electron chi connectivity index (χ4n) is 4.93. The fourth-order valence-corrected chi connectivity index (χ4v) is 5.54. The molecule has 1 aliphatic rings. The summed E-state index contributed by atoms with van der Waals surface area (Å²) in [4.78, 5) is 31.7. The quantitative estimate of drug-likeness (QED) is 0.0823. The van der Waals surface area contributed by atoms with Gasteiger partial charge in [-0.05, 0) is 56.2 Å². The fraction of sp³-hybridized carbons (Fsp3) is 0.606. The number of hydrogen-bond donors (Lipinski definition) is 2. The van der Waals surface area contributed by atoms with E-state index in [0.717, 1.165) is 36.8 Å². The van der Waals surface area contributed by atoms with E-state index in [2.05, 4.69) is 22.0 Å². The van der Waals surface area contributed by atoms with Crippen molar-refractivity contribution >= 4 is 50.4 Å². The van der Waals surface area contributed by atoms with E-state index in [1.807, 2.05) is 36.9 Å². The van der Waals surface area contributed by atoms with Crippen LogP contribution in [0.4, 0.5) is 11.4 Å². The highest BCUT2D eigenvalue weighted by molar-refractivity contribution is 7.88. The summed E-state index contributed by atoms with van der Waals surface area (Å²) >= 11 is 6.21. The molecule has 0 bridgehead atoms. The summed E-state index contributed by atoms with van der Waals surface area (Å²) in [6, 6.07) is 5.62. The van der Waals surface area contributed by atoms with Crippen LogP contribution in [0.25, 0.3) is 0 Å². The molecule has 0 spiro atoms. The van der Waals surface area contributed by atoms with Gasteiger partial charge in [0.1, 0.15) is 0 Å². The molecule has 0 radical (unpaired) electrons. The maximum atomic E-state index is 12.6. The van der Waals surface area contributed by atoms with E-state index in [4.69, 9.17) is 11.6 Å². The van der Waals surface area contributed by atoms with Crippen molar-refractivity contribution in [3.8, 4) is 0 Å². The Bertz CT molecular complexity index is 1260. The minimum Gasteiger partial charge on any atom is -0.358 e. The molecule has 1 aromatic rings. The maximum absolute atomic E-state index is 12.6. The zero-order valence-corrected chi connectivity index (χ0v) is 28.1. The Balaban J connectivity index is 1.83. The second-order valence-corrected chi connectivity index (χ2v) is 13.6. The number of halogens is 1. The van der Waals surface area contributed by atoms with E-state index in [-0.39, 0.29) is 23.3 Å². The van der Waals surface area contributed by atoms with Crippen molar-refractivity contribution in [3.63, 3.8) is 0 Å². The minimum atomic E-state index is -3.31. The van der Waals surface area contributed by atoms with Crippen molar-refractivity contribution in [1.82, 2.24) is 10.0 Å². The van der Waals surface area contributed by atoms with Crippen molar-refractivity contribution in [2.45, 2.75) is 111 Å². The van der Waals surface area contributed by atoms with Gasteiger partial charge in [-0.3, -0.25) is 9.59 Å². The molecule has 0 aliphatic heterocycles. The SMILES string of the molecule is CCCCCCCCCCCCCCCC(=O)NC1=CC(=Nc2ccc(N(CC)CNS(C)(=O)=O)cc2C)C=C(Cl)C1=O. The smallest absolute Gasteiger partial charge is 0.224 e. The van der Waals surface area contributed by atoms with Gasteiger partial charge in [-0.2, -0.15) is 4.72 Å². The van der Waals surface area contributed by atoms with Crippen molar-refractivity contribution in [2.24, 2.45) is 4.99 Å². The molecule has 43 heavy (non-hydrogen) atoms. The summed E-state index contributed by atoms with van der Waals surface area (Å²) in [6.07, 6.45) is 20.6. The van der Waals surface area contributed by atoms with Gasteiger partial charge in [-0.1, -0.05) is 95.6 Å². The number of nitrogens with one attached hydrogen (secondary N) is 2. The first-order valence-electron chi connectivity index (χ1n) is 15.9. The van der Waals surface area contributed by atoms with Gasteiger partial charge in [0.2, 0.25) is 21.7 Å². The molecule has 2 rings (SSSR count). The van der Waals surface area contributed by atoms with Crippen molar-refractivity contribution in [3.05, 3.63) is 46.6 Å². The summed E-state index contributed by atoms with van der Waals surface area (Å²) in [5.74, 6) is -0.625. The van der Waals surface area contributed by atoms with Crippen LogP contribution in [0, 0.1) is 6.92 Å². The molecule has 0 atom stereocenters. The third kappa shape index (κ3) is 14.7. The topological polar surface area (TPSA) is 108 Å². The number of aryl methyl sites for hydroxylation is 1. The second kappa shape index (κ2) is 19.7. The largest absolute Gasteiger partial charge is 0.358 e. The highest BCUT2D eigenvalue weighted by Crippen LogP contribution is 2.26. The van der Waals surface area contributed by atoms with Gasteiger partial charge in [0, 0.05) is 18.7 Å². The molecule has 1 amide bonds. The standard InChI is InChI=1S/C33H51ClN4O4S/c1-5-7-8-9-10-11-12-13-14-15-16-17-18-19-32(39)37-31-24-27(23-29(34)33(31)40)36-30-21-20-28(22-26(30)3)38(6-2)25-35-43(4,41)42/h20-24,35H,5-19,25H2,1-4H3,(H,37,39). The monoisotopic (exact) mass is 634 g/mol. The Labute approximate surface area is 264 Å². The van der Waals surface area contributed by atoms with Crippen LogP contribution in [-0.4, -0.2) is 45.3 Å². The summed E-state index contributed by atoms with van der Waals surface area (Å²) in [7, 11) is -3.31. The second-order valence-electron chi connectivity index (χ2n) is 11.4. The Morgan fingerprint density at radius 2 is 1.49 bits per heavy atom. The highest BCUT2D eigenvalue weighted by atomic mass is 35.5. The molecular weight excluding hydrogens is 584 g/mol.